The molecule has 2 N–H and O–H groups in total. The van der Waals surface area contributed by atoms with E-state index in [1.165, 1.54) is 25.5 Å². The van der Waals surface area contributed by atoms with Crippen LogP contribution in [0.3, 0.4) is 0 Å². The molecular formula is C13H13F3N4O4. The lowest BCUT2D eigenvalue weighted by Crippen LogP contribution is -2.64. The SMILES string of the molecule is CCOC(=O)[C@@H]1[C@H](c2ccoc2)n2ncnc2N[C@@]1(O)C(F)(F)F. The van der Waals surface area contributed by atoms with Crippen LogP contribution in [0.1, 0.15) is 18.5 Å². The van der Waals surface area contributed by atoms with Gasteiger partial charge in [0.15, 0.2) is 0 Å². The summed E-state index contributed by atoms with van der Waals surface area (Å²) in [6.07, 6.45) is -1.75. The molecule has 0 aliphatic carbocycles. The van der Waals surface area contributed by atoms with Crippen molar-refractivity contribution in [2.24, 2.45) is 5.92 Å². The number of nitrogens with zero attached hydrogens (tertiary/aromatic N) is 3. The van der Waals surface area contributed by atoms with Crippen LogP contribution in [0, 0.1) is 5.92 Å². The number of esters is 1. The van der Waals surface area contributed by atoms with Gasteiger partial charge >= 0.3 is 12.1 Å². The van der Waals surface area contributed by atoms with Gasteiger partial charge in [0.05, 0.1) is 19.1 Å². The molecule has 0 saturated heterocycles. The Balaban J connectivity index is 2.21. The van der Waals surface area contributed by atoms with Crippen LogP contribution in [0.5, 0.6) is 0 Å². The lowest BCUT2D eigenvalue weighted by molar-refractivity contribution is -0.274. The van der Waals surface area contributed by atoms with Crippen molar-refractivity contribution in [1.82, 2.24) is 14.8 Å². The Kier molecular flexibility index (Phi) is 3.74. The number of ether oxygens (including phenoxy) is 1. The third-order valence-corrected chi connectivity index (χ3v) is 3.76. The first kappa shape index (κ1) is 16.3. The highest BCUT2D eigenvalue weighted by molar-refractivity contribution is 5.77. The number of alkyl halides is 3. The Morgan fingerprint density at radius 3 is 2.92 bits per heavy atom. The van der Waals surface area contributed by atoms with Gasteiger partial charge in [-0.1, -0.05) is 0 Å². The van der Waals surface area contributed by atoms with E-state index in [-0.39, 0.29) is 18.1 Å². The Hall–Kier alpha value is -2.56. The summed E-state index contributed by atoms with van der Waals surface area (Å²) >= 11 is 0. The number of anilines is 1. The highest BCUT2D eigenvalue weighted by Crippen LogP contribution is 2.47. The van der Waals surface area contributed by atoms with Gasteiger partial charge in [0.2, 0.25) is 5.95 Å². The summed E-state index contributed by atoms with van der Waals surface area (Å²) in [6, 6.07) is 0.0676. The molecule has 0 saturated carbocycles. The second-order valence-electron chi connectivity index (χ2n) is 5.15. The minimum absolute atomic E-state index is 0.147. The molecule has 0 aromatic carbocycles. The summed E-state index contributed by atoms with van der Waals surface area (Å²) in [5, 5.41) is 16.1. The fourth-order valence-corrected chi connectivity index (χ4v) is 2.72. The minimum Gasteiger partial charge on any atom is -0.472 e. The Morgan fingerprint density at radius 2 is 2.33 bits per heavy atom. The van der Waals surface area contributed by atoms with E-state index in [0.29, 0.717) is 0 Å². The molecule has 0 radical (unpaired) electrons. The van der Waals surface area contributed by atoms with Gasteiger partial charge in [-0.05, 0) is 13.0 Å². The lowest BCUT2D eigenvalue weighted by atomic mass is 9.83. The molecule has 0 unspecified atom stereocenters. The van der Waals surface area contributed by atoms with Gasteiger partial charge < -0.3 is 19.6 Å². The van der Waals surface area contributed by atoms with Gasteiger partial charge in [-0.2, -0.15) is 23.3 Å². The van der Waals surface area contributed by atoms with Gasteiger partial charge in [0.25, 0.3) is 5.72 Å². The van der Waals surface area contributed by atoms with Crippen LogP contribution in [0.15, 0.2) is 29.3 Å². The van der Waals surface area contributed by atoms with E-state index < -0.39 is 29.8 Å². The molecule has 1 aliphatic rings. The fourth-order valence-electron chi connectivity index (χ4n) is 2.72. The third kappa shape index (κ3) is 2.31. The highest BCUT2D eigenvalue weighted by Gasteiger charge is 2.67. The summed E-state index contributed by atoms with van der Waals surface area (Å²) in [5.74, 6) is -3.61. The van der Waals surface area contributed by atoms with Crippen LogP contribution in [0.4, 0.5) is 19.1 Å². The number of carbonyl (C=O) groups excluding carboxylic acids is 1. The van der Waals surface area contributed by atoms with Crippen LogP contribution >= 0.6 is 0 Å². The lowest BCUT2D eigenvalue weighted by Gasteiger charge is -2.43. The van der Waals surface area contributed by atoms with Crippen LogP contribution in [0.2, 0.25) is 0 Å². The molecule has 3 heterocycles. The summed E-state index contributed by atoms with van der Waals surface area (Å²) in [4.78, 5) is 15.9. The largest absolute Gasteiger partial charge is 0.472 e. The van der Waals surface area contributed by atoms with Crippen LogP contribution < -0.4 is 5.32 Å². The van der Waals surface area contributed by atoms with E-state index in [4.69, 9.17) is 9.15 Å². The van der Waals surface area contributed by atoms with E-state index in [1.807, 2.05) is 5.32 Å². The average Bonchev–Trinajstić information content (AvgIpc) is 3.15. The molecule has 24 heavy (non-hydrogen) atoms. The quantitative estimate of drug-likeness (QED) is 0.808. The van der Waals surface area contributed by atoms with Gasteiger partial charge in [-0.25, -0.2) is 4.68 Å². The van der Waals surface area contributed by atoms with Crippen LogP contribution in [-0.2, 0) is 9.53 Å². The first-order valence-electron chi connectivity index (χ1n) is 6.95. The maximum absolute atomic E-state index is 13.6. The number of aromatic nitrogens is 3. The second kappa shape index (κ2) is 5.51. The van der Waals surface area contributed by atoms with Crippen LogP contribution in [0.25, 0.3) is 0 Å². The summed E-state index contributed by atoms with van der Waals surface area (Å²) in [5.41, 5.74) is -3.37. The van der Waals surface area contributed by atoms with Crippen molar-refractivity contribution in [3.63, 3.8) is 0 Å². The van der Waals surface area contributed by atoms with Gasteiger partial charge in [-0.15, -0.1) is 0 Å². The number of nitrogens with one attached hydrogen (secondary N) is 1. The average molecular weight is 346 g/mol. The van der Waals surface area contributed by atoms with Gasteiger partial charge in [0.1, 0.15) is 18.3 Å². The van der Waals surface area contributed by atoms with Crippen molar-refractivity contribution in [3.8, 4) is 0 Å². The highest BCUT2D eigenvalue weighted by atomic mass is 19.4. The summed E-state index contributed by atoms with van der Waals surface area (Å²) < 4.78 is 51.5. The molecule has 130 valence electrons. The van der Waals surface area contributed by atoms with Crippen LogP contribution in [-0.4, -0.2) is 44.3 Å². The molecule has 1 aliphatic heterocycles. The van der Waals surface area contributed by atoms with Crippen molar-refractivity contribution in [2.75, 3.05) is 11.9 Å². The number of furan rings is 1. The van der Waals surface area contributed by atoms with Crippen molar-refractivity contribution in [2.45, 2.75) is 24.9 Å². The molecule has 2 aromatic rings. The zero-order chi connectivity index (χ0) is 17.5. The second-order valence-corrected chi connectivity index (χ2v) is 5.15. The number of fused-ring (bicyclic) bond motifs is 1. The molecule has 3 rings (SSSR count). The predicted molar refractivity (Wildman–Crippen MR) is 71.6 cm³/mol. The topological polar surface area (TPSA) is 102 Å². The standard InChI is InChI=1S/C13H13F3N4O4/c1-2-24-10(21)8-9(7-3-4-23-5-7)20-11(17-6-18-20)19-12(8,22)13(14,15)16/h3-6,8-9,22H,2H2,1H3,(H,17,18,19)/t8-,9-,12-/m0/s1. The molecule has 2 aromatic heterocycles. The molecule has 8 nitrogen and oxygen atoms in total. The minimum atomic E-state index is -5.18. The molecule has 11 heteroatoms. The number of aliphatic hydroxyl groups is 1. The van der Waals surface area contributed by atoms with Crippen molar-refractivity contribution in [1.29, 1.82) is 0 Å². The fraction of sp³-hybridized carbons (Fsp3) is 0.462. The molecule has 0 fully saturated rings. The van der Waals surface area contributed by atoms with Crippen molar-refractivity contribution >= 4 is 11.9 Å². The number of hydrogen-bond acceptors (Lipinski definition) is 7. The first-order valence-corrected chi connectivity index (χ1v) is 6.95. The first-order chi connectivity index (χ1) is 11.3. The Bertz CT molecular complexity index is 730. The van der Waals surface area contributed by atoms with E-state index >= 15 is 0 Å². The Morgan fingerprint density at radius 1 is 1.58 bits per heavy atom. The number of carbonyl (C=O) groups is 1. The number of halogens is 3. The number of rotatable bonds is 3. The van der Waals surface area contributed by atoms with E-state index in [2.05, 4.69) is 10.1 Å². The third-order valence-electron chi connectivity index (χ3n) is 3.76. The Labute approximate surface area is 133 Å². The molecule has 0 spiro atoms. The predicted octanol–water partition coefficient (Wildman–Crippen LogP) is 1.32. The van der Waals surface area contributed by atoms with E-state index in [0.717, 1.165) is 11.0 Å². The van der Waals surface area contributed by atoms with E-state index in [9.17, 15) is 23.1 Å². The van der Waals surface area contributed by atoms with Crippen molar-refractivity contribution < 1.29 is 32.2 Å². The molecule has 0 amide bonds. The maximum atomic E-state index is 13.6. The zero-order valence-electron chi connectivity index (χ0n) is 12.3. The van der Waals surface area contributed by atoms with Crippen molar-refractivity contribution in [3.05, 3.63) is 30.5 Å². The number of hydrogen-bond donors (Lipinski definition) is 2. The van der Waals surface area contributed by atoms with Gasteiger partial charge in [0, 0.05) is 5.56 Å². The maximum Gasteiger partial charge on any atom is 0.437 e. The molecule has 0 bridgehead atoms. The molecular weight excluding hydrogens is 333 g/mol. The zero-order valence-corrected chi connectivity index (χ0v) is 12.3. The molecule has 3 atom stereocenters. The van der Waals surface area contributed by atoms with E-state index in [1.54, 1.807) is 0 Å². The summed E-state index contributed by atoms with van der Waals surface area (Å²) in [7, 11) is 0. The smallest absolute Gasteiger partial charge is 0.437 e. The normalized spacial score (nSPS) is 26.5. The van der Waals surface area contributed by atoms with Gasteiger partial charge in [-0.3, -0.25) is 4.79 Å². The summed E-state index contributed by atoms with van der Waals surface area (Å²) in [6.45, 7) is 1.31. The monoisotopic (exact) mass is 346 g/mol.